The molecule has 1 aliphatic carbocycles. The third-order valence-corrected chi connectivity index (χ3v) is 4.54. The van der Waals surface area contributed by atoms with E-state index in [-0.39, 0.29) is 5.82 Å². The first-order chi connectivity index (χ1) is 9.08. The van der Waals surface area contributed by atoms with Crippen molar-refractivity contribution < 1.29 is 4.39 Å². The highest BCUT2D eigenvalue weighted by Gasteiger charge is 2.26. The van der Waals surface area contributed by atoms with Gasteiger partial charge in [0.2, 0.25) is 0 Å². The van der Waals surface area contributed by atoms with Crippen LogP contribution in [0.25, 0.3) is 0 Å². The molecule has 106 valence electrons. The Morgan fingerprint density at radius 1 is 1.26 bits per heavy atom. The number of hydrogen-bond acceptors (Lipinski definition) is 1. The lowest BCUT2D eigenvalue weighted by molar-refractivity contribution is 0.204. The first-order valence-corrected chi connectivity index (χ1v) is 7.56. The summed E-state index contributed by atoms with van der Waals surface area (Å²) in [5, 5.41) is 3.71. The second-order valence-corrected chi connectivity index (χ2v) is 6.25. The molecule has 19 heavy (non-hydrogen) atoms. The Bertz CT molecular complexity index is 414. The molecule has 1 N–H and O–H groups in total. The molecule has 2 unspecified atom stereocenters. The van der Waals surface area contributed by atoms with Gasteiger partial charge in [0.05, 0.1) is 0 Å². The van der Waals surface area contributed by atoms with Crippen LogP contribution < -0.4 is 5.32 Å². The Hall–Kier alpha value is -0.890. The van der Waals surface area contributed by atoms with E-state index in [1.807, 2.05) is 13.0 Å². The molecule has 0 spiro atoms. The van der Waals surface area contributed by atoms with E-state index < -0.39 is 0 Å². The summed E-state index contributed by atoms with van der Waals surface area (Å²) in [6.07, 6.45) is 5.33. The molecule has 1 nitrogen and oxygen atoms in total. The summed E-state index contributed by atoms with van der Waals surface area (Å²) < 4.78 is 13.1. The fraction of sp³-hybridized carbons (Fsp3) is 0.647. The van der Waals surface area contributed by atoms with Gasteiger partial charge in [-0.05, 0) is 54.9 Å². The molecular weight excluding hydrogens is 237 g/mol. The number of benzene rings is 1. The molecule has 2 rings (SSSR count). The highest BCUT2D eigenvalue weighted by Crippen LogP contribution is 2.30. The maximum Gasteiger partial charge on any atom is 0.123 e. The van der Waals surface area contributed by atoms with E-state index >= 15 is 0 Å². The molecule has 1 aromatic carbocycles. The second kappa shape index (κ2) is 6.51. The molecule has 0 heterocycles. The summed E-state index contributed by atoms with van der Waals surface area (Å²) in [5.41, 5.74) is 2.26. The molecule has 1 aromatic rings. The lowest BCUT2D eigenvalue weighted by Gasteiger charge is -2.35. The van der Waals surface area contributed by atoms with Gasteiger partial charge in [-0.3, -0.25) is 0 Å². The van der Waals surface area contributed by atoms with Gasteiger partial charge in [0, 0.05) is 12.6 Å². The minimum atomic E-state index is -0.140. The van der Waals surface area contributed by atoms with Crippen molar-refractivity contribution in [3.8, 4) is 0 Å². The van der Waals surface area contributed by atoms with Gasteiger partial charge in [0.1, 0.15) is 5.82 Å². The summed E-state index contributed by atoms with van der Waals surface area (Å²) >= 11 is 0. The summed E-state index contributed by atoms with van der Waals surface area (Å²) in [7, 11) is 0. The summed E-state index contributed by atoms with van der Waals surface area (Å²) in [4.78, 5) is 0. The SMILES string of the molecule is Cc1cc(F)ccc1CNC1CCCCC1C(C)C. The molecular formula is C17H26FN. The highest BCUT2D eigenvalue weighted by atomic mass is 19.1. The third-order valence-electron chi connectivity index (χ3n) is 4.54. The van der Waals surface area contributed by atoms with Gasteiger partial charge in [-0.1, -0.05) is 32.8 Å². The number of aryl methyl sites for hydroxylation is 1. The van der Waals surface area contributed by atoms with Crippen molar-refractivity contribution in [1.29, 1.82) is 0 Å². The number of nitrogens with one attached hydrogen (secondary N) is 1. The van der Waals surface area contributed by atoms with Gasteiger partial charge in [0.25, 0.3) is 0 Å². The molecule has 0 aromatic heterocycles. The monoisotopic (exact) mass is 263 g/mol. The molecule has 1 saturated carbocycles. The van der Waals surface area contributed by atoms with Crippen LogP contribution in [0.3, 0.4) is 0 Å². The van der Waals surface area contributed by atoms with E-state index in [0.717, 1.165) is 23.9 Å². The maximum atomic E-state index is 13.1. The topological polar surface area (TPSA) is 12.0 Å². The molecule has 0 radical (unpaired) electrons. The molecule has 1 aliphatic rings. The van der Waals surface area contributed by atoms with Gasteiger partial charge < -0.3 is 5.32 Å². The van der Waals surface area contributed by atoms with Crippen LogP contribution in [0.2, 0.25) is 0 Å². The Labute approximate surface area is 116 Å². The van der Waals surface area contributed by atoms with Crippen molar-refractivity contribution in [2.75, 3.05) is 0 Å². The van der Waals surface area contributed by atoms with Crippen LogP contribution in [-0.4, -0.2) is 6.04 Å². The zero-order chi connectivity index (χ0) is 13.8. The average Bonchev–Trinajstić information content (AvgIpc) is 2.38. The Morgan fingerprint density at radius 2 is 2.00 bits per heavy atom. The zero-order valence-corrected chi connectivity index (χ0v) is 12.4. The lowest BCUT2D eigenvalue weighted by Crippen LogP contribution is -2.40. The largest absolute Gasteiger partial charge is 0.310 e. The average molecular weight is 263 g/mol. The zero-order valence-electron chi connectivity index (χ0n) is 12.4. The van der Waals surface area contributed by atoms with Crippen molar-refractivity contribution in [1.82, 2.24) is 5.32 Å². The van der Waals surface area contributed by atoms with Crippen LogP contribution in [0.4, 0.5) is 4.39 Å². The minimum Gasteiger partial charge on any atom is -0.310 e. The van der Waals surface area contributed by atoms with Crippen LogP contribution in [0.5, 0.6) is 0 Å². The lowest BCUT2D eigenvalue weighted by atomic mass is 9.78. The number of halogens is 1. The van der Waals surface area contributed by atoms with E-state index in [1.165, 1.54) is 31.2 Å². The fourth-order valence-electron chi connectivity index (χ4n) is 3.31. The first-order valence-electron chi connectivity index (χ1n) is 7.56. The van der Waals surface area contributed by atoms with Gasteiger partial charge >= 0.3 is 0 Å². The van der Waals surface area contributed by atoms with E-state index in [0.29, 0.717) is 6.04 Å². The van der Waals surface area contributed by atoms with E-state index in [9.17, 15) is 4.39 Å². The molecule has 2 atom stereocenters. The van der Waals surface area contributed by atoms with Crippen LogP contribution >= 0.6 is 0 Å². The van der Waals surface area contributed by atoms with Crippen molar-refractivity contribution in [2.24, 2.45) is 11.8 Å². The third kappa shape index (κ3) is 3.79. The van der Waals surface area contributed by atoms with Crippen LogP contribution in [0, 0.1) is 24.6 Å². The summed E-state index contributed by atoms with van der Waals surface area (Å²) in [5.74, 6) is 1.39. The van der Waals surface area contributed by atoms with E-state index in [1.54, 1.807) is 12.1 Å². The van der Waals surface area contributed by atoms with Gasteiger partial charge in [-0.25, -0.2) is 4.39 Å². The molecule has 2 heteroatoms. The molecule has 0 aliphatic heterocycles. The smallest absolute Gasteiger partial charge is 0.123 e. The van der Waals surface area contributed by atoms with E-state index in [4.69, 9.17) is 0 Å². The standard InChI is InChI=1S/C17H26FN/c1-12(2)16-6-4-5-7-17(16)19-11-14-8-9-15(18)10-13(14)3/h8-10,12,16-17,19H,4-7,11H2,1-3H3. The summed E-state index contributed by atoms with van der Waals surface area (Å²) in [6, 6.07) is 5.71. The molecule has 0 saturated heterocycles. The van der Waals surface area contributed by atoms with Crippen LogP contribution in [0.1, 0.15) is 50.7 Å². The predicted molar refractivity (Wildman–Crippen MR) is 78.6 cm³/mol. The Balaban J connectivity index is 1.96. The van der Waals surface area contributed by atoms with Gasteiger partial charge in [-0.2, -0.15) is 0 Å². The number of rotatable bonds is 4. The quantitative estimate of drug-likeness (QED) is 0.847. The van der Waals surface area contributed by atoms with Crippen molar-refractivity contribution in [2.45, 2.75) is 59.0 Å². The van der Waals surface area contributed by atoms with Crippen molar-refractivity contribution in [3.05, 3.63) is 35.1 Å². The molecule has 0 amide bonds. The van der Waals surface area contributed by atoms with Crippen molar-refractivity contribution >= 4 is 0 Å². The molecule has 0 bridgehead atoms. The van der Waals surface area contributed by atoms with E-state index in [2.05, 4.69) is 19.2 Å². The molecule has 1 fully saturated rings. The van der Waals surface area contributed by atoms with Gasteiger partial charge in [0.15, 0.2) is 0 Å². The Morgan fingerprint density at radius 3 is 2.68 bits per heavy atom. The van der Waals surface area contributed by atoms with Gasteiger partial charge in [-0.15, -0.1) is 0 Å². The normalized spacial score (nSPS) is 23.8. The van der Waals surface area contributed by atoms with Crippen molar-refractivity contribution in [3.63, 3.8) is 0 Å². The minimum absolute atomic E-state index is 0.140. The highest BCUT2D eigenvalue weighted by molar-refractivity contribution is 5.26. The maximum absolute atomic E-state index is 13.1. The summed E-state index contributed by atoms with van der Waals surface area (Å²) in [6.45, 7) is 7.50. The number of hydrogen-bond donors (Lipinski definition) is 1. The van der Waals surface area contributed by atoms with Crippen LogP contribution in [-0.2, 0) is 6.54 Å². The van der Waals surface area contributed by atoms with Crippen LogP contribution in [0.15, 0.2) is 18.2 Å². The second-order valence-electron chi connectivity index (χ2n) is 6.25. The predicted octanol–water partition coefficient (Wildman–Crippen LogP) is 4.44. The fourth-order valence-corrected chi connectivity index (χ4v) is 3.31. The first kappa shape index (κ1) is 14.5. The Kier molecular flexibility index (Phi) is 4.98.